The van der Waals surface area contributed by atoms with E-state index in [4.69, 9.17) is 18.5 Å². The first-order valence-electron chi connectivity index (χ1n) is 21.1. The van der Waals surface area contributed by atoms with Gasteiger partial charge in [0.2, 0.25) is 0 Å². The Labute approximate surface area is 315 Å². The average molecular weight is 744 g/mol. The summed E-state index contributed by atoms with van der Waals surface area (Å²) in [5.41, 5.74) is 0. The Bertz CT molecular complexity index is 874. The maximum absolute atomic E-state index is 12.6. The molecule has 302 valence electrons. The van der Waals surface area contributed by atoms with E-state index >= 15 is 0 Å². The Balaban J connectivity index is 4.32. The smallest absolute Gasteiger partial charge is 0.306 e. The summed E-state index contributed by atoms with van der Waals surface area (Å²) in [6.07, 6.45) is 39.9. The third-order valence-corrected chi connectivity index (χ3v) is 10.0. The molecule has 0 radical (unpaired) electrons. The monoisotopic (exact) mass is 744 g/mol. The highest BCUT2D eigenvalue weighted by Gasteiger charge is 2.20. The molecular weight excluding hydrogens is 661 g/mol. The summed E-state index contributed by atoms with van der Waals surface area (Å²) < 4.78 is 34.3. The first-order valence-corrected chi connectivity index (χ1v) is 22.6. The molecular formula is C42H82NO7P. The molecule has 0 aromatic rings. The summed E-state index contributed by atoms with van der Waals surface area (Å²) in [4.78, 5) is 25.0. The maximum atomic E-state index is 12.6. The Morgan fingerprint density at radius 3 is 1.51 bits per heavy atom. The molecule has 0 saturated heterocycles. The van der Waals surface area contributed by atoms with Crippen molar-refractivity contribution in [1.82, 2.24) is 0 Å². The van der Waals surface area contributed by atoms with E-state index in [9.17, 15) is 14.3 Å². The van der Waals surface area contributed by atoms with Crippen molar-refractivity contribution in [2.24, 2.45) is 0 Å². The van der Waals surface area contributed by atoms with Crippen molar-refractivity contribution < 1.29 is 37.3 Å². The standard InChI is InChI=1S/C42H82NO7P/c1-6-8-10-12-14-16-18-20-22-23-25-27-29-31-33-35-42(44)50-41(40-49-51(45,46)48-38-36-43(3,4)5)39-47-37-34-32-30-28-26-24-21-19-17-15-13-11-9-7-2/h20,22,34,37,41H,6-19,21,23-33,35-36,38-40H2,1-5H3/b22-20-,37-34-. The van der Waals surface area contributed by atoms with Crippen LogP contribution in [0.2, 0.25) is 0 Å². The summed E-state index contributed by atoms with van der Waals surface area (Å²) in [7, 11) is 1.32. The second-order valence-electron chi connectivity index (χ2n) is 15.4. The lowest BCUT2D eigenvalue weighted by Gasteiger charge is -2.28. The molecule has 0 aliphatic heterocycles. The number of ether oxygens (including phenoxy) is 2. The molecule has 0 aromatic heterocycles. The number of carbonyl (C=O) groups excluding carboxylic acids is 1. The molecule has 0 spiro atoms. The first-order chi connectivity index (χ1) is 24.6. The number of allylic oxidation sites excluding steroid dienone is 3. The lowest BCUT2D eigenvalue weighted by atomic mass is 10.0. The van der Waals surface area contributed by atoms with Crippen molar-refractivity contribution >= 4 is 13.8 Å². The number of quaternary nitrogens is 1. The predicted octanol–water partition coefficient (Wildman–Crippen LogP) is 11.8. The summed E-state index contributed by atoms with van der Waals surface area (Å²) in [5, 5.41) is 0. The highest BCUT2D eigenvalue weighted by atomic mass is 31.2. The number of phosphoric ester groups is 1. The Morgan fingerprint density at radius 1 is 0.608 bits per heavy atom. The molecule has 0 aliphatic carbocycles. The number of unbranched alkanes of at least 4 members (excludes halogenated alkanes) is 23. The van der Waals surface area contributed by atoms with Crippen molar-refractivity contribution in [2.75, 3.05) is 47.5 Å². The highest BCUT2D eigenvalue weighted by Crippen LogP contribution is 2.38. The quantitative estimate of drug-likeness (QED) is 0.0154. The van der Waals surface area contributed by atoms with E-state index in [0.717, 1.165) is 44.9 Å². The van der Waals surface area contributed by atoms with Gasteiger partial charge in [0.25, 0.3) is 7.82 Å². The van der Waals surface area contributed by atoms with E-state index in [1.54, 1.807) is 6.26 Å². The minimum absolute atomic E-state index is 0.0164. The molecule has 0 aromatic carbocycles. The van der Waals surface area contributed by atoms with Crippen LogP contribution in [0.25, 0.3) is 0 Å². The minimum atomic E-state index is -4.54. The number of likely N-dealkylation sites (N-methyl/N-ethyl adjacent to an activating group) is 1. The van der Waals surface area contributed by atoms with Crippen molar-refractivity contribution in [3.05, 3.63) is 24.5 Å². The molecule has 2 unspecified atom stereocenters. The van der Waals surface area contributed by atoms with Crippen molar-refractivity contribution in [2.45, 2.75) is 193 Å². The second-order valence-corrected chi connectivity index (χ2v) is 16.8. The van der Waals surface area contributed by atoms with Crippen LogP contribution < -0.4 is 4.89 Å². The zero-order valence-corrected chi connectivity index (χ0v) is 35.0. The Kier molecular flexibility index (Phi) is 35.0. The van der Waals surface area contributed by atoms with Gasteiger partial charge in [-0.2, -0.15) is 0 Å². The maximum Gasteiger partial charge on any atom is 0.306 e. The fourth-order valence-corrected chi connectivity index (χ4v) is 6.47. The summed E-state index contributed by atoms with van der Waals surface area (Å²) in [6, 6.07) is 0. The van der Waals surface area contributed by atoms with Crippen molar-refractivity contribution in [1.29, 1.82) is 0 Å². The molecule has 0 heterocycles. The van der Waals surface area contributed by atoms with E-state index in [1.807, 2.05) is 27.2 Å². The number of nitrogens with zero attached hydrogens (tertiary/aromatic N) is 1. The lowest BCUT2D eigenvalue weighted by Crippen LogP contribution is -2.37. The van der Waals surface area contributed by atoms with E-state index < -0.39 is 13.9 Å². The molecule has 0 rings (SSSR count). The van der Waals surface area contributed by atoms with Crippen LogP contribution in [0.5, 0.6) is 0 Å². The summed E-state index contributed by atoms with van der Waals surface area (Å²) in [5.74, 6) is -0.364. The molecule has 0 aliphatic rings. The average Bonchev–Trinajstić information content (AvgIpc) is 3.08. The number of hydrogen-bond donors (Lipinski definition) is 0. The number of esters is 1. The molecule has 0 saturated carbocycles. The van der Waals surface area contributed by atoms with Crippen molar-refractivity contribution in [3.63, 3.8) is 0 Å². The summed E-state index contributed by atoms with van der Waals surface area (Å²) in [6.45, 7) is 4.73. The molecule has 0 N–H and O–H groups in total. The molecule has 0 fully saturated rings. The van der Waals surface area contributed by atoms with Gasteiger partial charge < -0.3 is 27.9 Å². The largest absolute Gasteiger partial charge is 0.756 e. The van der Waals surface area contributed by atoms with Crippen LogP contribution in [-0.4, -0.2) is 64.1 Å². The first kappa shape index (κ1) is 49.8. The van der Waals surface area contributed by atoms with Gasteiger partial charge in [-0.15, -0.1) is 0 Å². The van der Waals surface area contributed by atoms with Crippen LogP contribution >= 0.6 is 7.82 Å². The summed E-state index contributed by atoms with van der Waals surface area (Å²) >= 11 is 0. The molecule has 2 atom stereocenters. The molecule has 0 amide bonds. The number of hydrogen-bond acceptors (Lipinski definition) is 7. The number of rotatable bonds is 39. The Hall–Kier alpha value is -1.18. The van der Waals surface area contributed by atoms with Gasteiger partial charge in [-0.25, -0.2) is 0 Å². The third kappa shape index (κ3) is 39.9. The van der Waals surface area contributed by atoms with Gasteiger partial charge in [0, 0.05) is 6.42 Å². The van der Waals surface area contributed by atoms with E-state index in [-0.39, 0.29) is 25.8 Å². The van der Waals surface area contributed by atoms with Crippen LogP contribution in [-0.2, 0) is 27.9 Å². The fraction of sp³-hybridized carbons (Fsp3) is 0.881. The topological polar surface area (TPSA) is 94.1 Å². The van der Waals surface area contributed by atoms with Crippen LogP contribution in [0, 0.1) is 0 Å². The van der Waals surface area contributed by atoms with Crippen LogP contribution in [0.4, 0.5) is 0 Å². The SMILES string of the molecule is CCCCCCCC/C=C\CCCCCCCC(=O)OC(CO/C=C\CCCCCCCCCCCCCC)COP(=O)([O-])OCC[N+](C)(C)C. The van der Waals surface area contributed by atoms with Gasteiger partial charge in [0.05, 0.1) is 34.0 Å². The lowest BCUT2D eigenvalue weighted by molar-refractivity contribution is -0.870. The van der Waals surface area contributed by atoms with Gasteiger partial charge in [-0.3, -0.25) is 9.36 Å². The molecule has 8 nitrogen and oxygen atoms in total. The number of phosphoric acid groups is 1. The van der Waals surface area contributed by atoms with Crippen LogP contribution in [0.15, 0.2) is 24.5 Å². The second kappa shape index (κ2) is 35.8. The van der Waals surface area contributed by atoms with E-state index in [2.05, 4.69) is 26.0 Å². The van der Waals surface area contributed by atoms with Gasteiger partial charge in [0.1, 0.15) is 19.8 Å². The minimum Gasteiger partial charge on any atom is -0.756 e. The van der Waals surface area contributed by atoms with Gasteiger partial charge in [-0.1, -0.05) is 148 Å². The van der Waals surface area contributed by atoms with Gasteiger partial charge >= 0.3 is 5.97 Å². The zero-order chi connectivity index (χ0) is 37.7. The Morgan fingerprint density at radius 2 is 1.04 bits per heavy atom. The normalized spacial score (nSPS) is 14.0. The van der Waals surface area contributed by atoms with Gasteiger partial charge in [-0.05, 0) is 51.0 Å². The molecule has 9 heteroatoms. The van der Waals surface area contributed by atoms with E-state index in [1.165, 1.54) is 122 Å². The van der Waals surface area contributed by atoms with E-state index in [0.29, 0.717) is 17.4 Å². The fourth-order valence-electron chi connectivity index (χ4n) is 5.74. The van der Waals surface area contributed by atoms with Crippen molar-refractivity contribution in [3.8, 4) is 0 Å². The molecule has 51 heavy (non-hydrogen) atoms. The number of carbonyl (C=O) groups is 1. The van der Waals surface area contributed by atoms with Crippen LogP contribution in [0.3, 0.4) is 0 Å². The third-order valence-electron chi connectivity index (χ3n) is 9.07. The molecule has 0 bridgehead atoms. The predicted molar refractivity (Wildman–Crippen MR) is 213 cm³/mol. The van der Waals surface area contributed by atoms with Crippen LogP contribution in [0.1, 0.15) is 187 Å². The highest BCUT2D eigenvalue weighted by molar-refractivity contribution is 7.45. The van der Waals surface area contributed by atoms with Gasteiger partial charge in [0.15, 0.2) is 6.10 Å². The zero-order valence-electron chi connectivity index (χ0n) is 34.1.